The van der Waals surface area contributed by atoms with Gasteiger partial charge in [-0.3, -0.25) is 19.1 Å². The normalized spacial score (nSPS) is 12.1. The molecule has 0 bridgehead atoms. The molecule has 0 spiro atoms. The molecule has 0 aliphatic heterocycles. The summed E-state index contributed by atoms with van der Waals surface area (Å²) < 4.78 is 33.6. The Bertz CT molecular complexity index is 1870. The van der Waals surface area contributed by atoms with Crippen LogP contribution in [0.2, 0.25) is 5.02 Å². The number of nitrogens with zero attached hydrogens (tertiary/aromatic N) is 3. The molecule has 4 rings (SSSR count). The number of thiazole rings is 1. The van der Waals surface area contributed by atoms with Crippen LogP contribution in [-0.2, 0) is 21.2 Å². The first-order chi connectivity index (χ1) is 24.1. The molecule has 0 fully saturated rings. The number of anilines is 1. The largest absolute Gasteiger partial charge is 0.491 e. The van der Waals surface area contributed by atoms with Crippen LogP contribution in [0.5, 0.6) is 11.8 Å². The maximum Gasteiger partial charge on any atom is 0.335 e. The second kappa shape index (κ2) is 18.9. The lowest BCUT2D eigenvalue weighted by Crippen LogP contribution is -2.38. The molecule has 1 atom stereocenters. The standard InChI is InChI=1S/C36H45ClN4O7S2/c1-3-5-6-7-8-9-10-11-12-16-21-50(46,47)27-19-20-29(28(37)22-27)39-33(43)31(32(42)30-23-38-25-49-30)41-34(44)35(48-4-2)40(36(41)45)24-26-17-14-13-15-18-26/h13-15,17-20,22-23,25,31,44H,3-12,16,21,24H2,1-2H3,(H,39,43). The zero-order chi connectivity index (χ0) is 36.1. The van der Waals surface area contributed by atoms with Gasteiger partial charge in [-0.2, -0.15) is 0 Å². The number of aromatic nitrogens is 3. The molecule has 2 aromatic carbocycles. The number of benzene rings is 2. The minimum atomic E-state index is -3.63. The third-order valence-corrected chi connectivity index (χ3v) is 11.2. The molecule has 0 radical (unpaired) electrons. The van der Waals surface area contributed by atoms with E-state index < -0.39 is 39.1 Å². The van der Waals surface area contributed by atoms with Crippen molar-refractivity contribution in [3.8, 4) is 11.8 Å². The van der Waals surface area contributed by atoms with Crippen LogP contribution in [0.4, 0.5) is 5.69 Å². The molecule has 0 aliphatic rings. The number of rotatable bonds is 21. The van der Waals surface area contributed by atoms with E-state index in [1.54, 1.807) is 31.2 Å². The van der Waals surface area contributed by atoms with E-state index in [0.29, 0.717) is 11.0 Å². The van der Waals surface area contributed by atoms with Gasteiger partial charge in [0.05, 0.1) is 44.9 Å². The number of carbonyl (C=O) groups excluding carboxylic acids is 2. The van der Waals surface area contributed by atoms with Crippen LogP contribution in [0.15, 0.2) is 69.9 Å². The van der Waals surface area contributed by atoms with Gasteiger partial charge in [0.2, 0.25) is 5.78 Å². The van der Waals surface area contributed by atoms with Crippen LogP contribution >= 0.6 is 22.9 Å². The van der Waals surface area contributed by atoms with Gasteiger partial charge in [-0.1, -0.05) is 107 Å². The van der Waals surface area contributed by atoms with Gasteiger partial charge in [0.25, 0.3) is 17.7 Å². The Morgan fingerprint density at radius 2 is 1.64 bits per heavy atom. The smallest absolute Gasteiger partial charge is 0.335 e. The Morgan fingerprint density at radius 1 is 0.980 bits per heavy atom. The lowest BCUT2D eigenvalue weighted by molar-refractivity contribution is -0.118. The molecule has 2 N–H and O–H groups in total. The van der Waals surface area contributed by atoms with Crippen molar-refractivity contribution in [3.05, 3.63) is 86.2 Å². The van der Waals surface area contributed by atoms with Gasteiger partial charge in [0, 0.05) is 6.20 Å². The van der Waals surface area contributed by atoms with Crippen LogP contribution in [0.1, 0.15) is 99.3 Å². The van der Waals surface area contributed by atoms with Crippen molar-refractivity contribution in [1.29, 1.82) is 0 Å². The van der Waals surface area contributed by atoms with Crippen molar-refractivity contribution in [2.45, 2.75) is 95.5 Å². The lowest BCUT2D eigenvalue weighted by Gasteiger charge is -2.17. The summed E-state index contributed by atoms with van der Waals surface area (Å²) in [6.45, 7) is 3.96. The molecule has 270 valence electrons. The average molecular weight is 745 g/mol. The number of ether oxygens (including phenoxy) is 1. The van der Waals surface area contributed by atoms with E-state index in [-0.39, 0.29) is 45.3 Å². The Labute approximate surface area is 302 Å². The van der Waals surface area contributed by atoms with Crippen molar-refractivity contribution < 1.29 is 27.9 Å². The maximum atomic E-state index is 13.9. The summed E-state index contributed by atoms with van der Waals surface area (Å²) in [6, 6.07) is 11.0. The second-order valence-corrected chi connectivity index (χ2v) is 15.5. The minimum Gasteiger partial charge on any atom is -0.491 e. The van der Waals surface area contributed by atoms with Crippen LogP contribution in [0.3, 0.4) is 0 Å². The van der Waals surface area contributed by atoms with E-state index in [1.165, 1.54) is 62.0 Å². The molecule has 14 heteroatoms. The fourth-order valence-electron chi connectivity index (χ4n) is 5.66. The van der Waals surface area contributed by atoms with Gasteiger partial charge >= 0.3 is 5.69 Å². The molecule has 0 saturated heterocycles. The maximum absolute atomic E-state index is 13.9. The number of aromatic hydroxyl groups is 1. The van der Waals surface area contributed by atoms with E-state index in [9.17, 15) is 27.9 Å². The van der Waals surface area contributed by atoms with Gasteiger partial charge in [0.15, 0.2) is 15.9 Å². The minimum absolute atomic E-state index is 0.000454. The first-order valence-electron chi connectivity index (χ1n) is 17.1. The summed E-state index contributed by atoms with van der Waals surface area (Å²) in [5.74, 6) is -2.71. The molecular weight excluding hydrogens is 700 g/mol. The number of sulfone groups is 1. The molecular formula is C36H45ClN4O7S2. The number of halogens is 1. The number of unbranched alkanes of at least 4 members (excludes halogenated alkanes) is 9. The number of nitrogens with one attached hydrogen (secondary N) is 1. The predicted octanol–water partition coefficient (Wildman–Crippen LogP) is 7.67. The summed E-state index contributed by atoms with van der Waals surface area (Å²) in [5, 5.41) is 13.8. The molecule has 0 saturated carbocycles. The van der Waals surface area contributed by atoms with Crippen LogP contribution in [0, 0.1) is 0 Å². The first kappa shape index (κ1) is 38.9. The average Bonchev–Trinajstić information content (AvgIpc) is 3.72. The van der Waals surface area contributed by atoms with E-state index in [2.05, 4.69) is 17.2 Å². The number of carbonyl (C=O) groups is 2. The van der Waals surface area contributed by atoms with Gasteiger partial charge in [-0.15, -0.1) is 11.3 Å². The summed E-state index contributed by atoms with van der Waals surface area (Å²) >= 11 is 7.45. The van der Waals surface area contributed by atoms with Crippen molar-refractivity contribution in [1.82, 2.24) is 14.1 Å². The number of hydrogen-bond acceptors (Lipinski definition) is 9. The summed E-state index contributed by atoms with van der Waals surface area (Å²) in [4.78, 5) is 45.5. The molecule has 2 heterocycles. The van der Waals surface area contributed by atoms with Crippen LogP contribution < -0.4 is 15.7 Å². The second-order valence-electron chi connectivity index (χ2n) is 12.1. The zero-order valence-electron chi connectivity index (χ0n) is 28.5. The van der Waals surface area contributed by atoms with Gasteiger partial charge < -0.3 is 15.2 Å². The lowest BCUT2D eigenvalue weighted by atomic mass is 10.1. The third kappa shape index (κ3) is 10.1. The molecule has 50 heavy (non-hydrogen) atoms. The number of Topliss-reactive ketones (excluding diaryl/α,β-unsaturated/α-hetero) is 1. The summed E-state index contributed by atoms with van der Waals surface area (Å²) in [6.07, 6.45) is 12.1. The van der Waals surface area contributed by atoms with Crippen LogP contribution in [0.25, 0.3) is 0 Å². The molecule has 2 aromatic heterocycles. The number of hydrogen-bond donors (Lipinski definition) is 2. The Hall–Kier alpha value is -3.94. The summed E-state index contributed by atoms with van der Waals surface area (Å²) in [5.41, 5.74) is 1.30. The highest BCUT2D eigenvalue weighted by Crippen LogP contribution is 2.33. The number of amides is 1. The molecule has 11 nitrogen and oxygen atoms in total. The fourth-order valence-corrected chi connectivity index (χ4v) is 7.93. The Morgan fingerprint density at radius 3 is 2.24 bits per heavy atom. The fraction of sp³-hybridized carbons (Fsp3) is 0.444. The van der Waals surface area contributed by atoms with E-state index in [1.807, 2.05) is 6.07 Å². The van der Waals surface area contributed by atoms with Crippen molar-refractivity contribution in [3.63, 3.8) is 0 Å². The molecule has 4 aromatic rings. The van der Waals surface area contributed by atoms with Gasteiger partial charge in [0.1, 0.15) is 0 Å². The van der Waals surface area contributed by atoms with E-state index >= 15 is 0 Å². The molecule has 1 unspecified atom stereocenters. The Kier molecular flexibility index (Phi) is 14.7. The van der Waals surface area contributed by atoms with Gasteiger partial charge in [-0.05, 0) is 37.1 Å². The van der Waals surface area contributed by atoms with Crippen molar-refractivity contribution in [2.75, 3.05) is 17.7 Å². The van der Waals surface area contributed by atoms with E-state index in [4.69, 9.17) is 16.3 Å². The third-order valence-electron chi connectivity index (χ3n) is 8.32. The quantitative estimate of drug-likeness (QED) is 0.0502. The van der Waals surface area contributed by atoms with Crippen LogP contribution in [-0.4, -0.2) is 51.7 Å². The van der Waals surface area contributed by atoms with Crippen molar-refractivity contribution >= 4 is 50.2 Å². The monoisotopic (exact) mass is 744 g/mol. The number of ketones is 1. The van der Waals surface area contributed by atoms with Crippen molar-refractivity contribution in [2.24, 2.45) is 0 Å². The van der Waals surface area contributed by atoms with Gasteiger partial charge in [-0.25, -0.2) is 17.8 Å². The molecule has 1 amide bonds. The highest BCUT2D eigenvalue weighted by Gasteiger charge is 2.37. The zero-order valence-corrected chi connectivity index (χ0v) is 30.9. The first-order valence-corrected chi connectivity index (χ1v) is 20.0. The predicted molar refractivity (Wildman–Crippen MR) is 197 cm³/mol. The molecule has 0 aliphatic carbocycles. The SMILES string of the molecule is CCCCCCCCCCCCS(=O)(=O)c1ccc(NC(=O)C(C(=O)c2cncs2)n2c(O)c(OCC)n(Cc3ccccc3)c2=O)c(Cl)c1. The topological polar surface area (TPSA) is 150 Å². The highest BCUT2D eigenvalue weighted by molar-refractivity contribution is 7.91. The number of imidazole rings is 1. The Balaban J connectivity index is 1.52. The van der Waals surface area contributed by atoms with E-state index in [0.717, 1.165) is 47.2 Å². The highest BCUT2D eigenvalue weighted by atomic mass is 35.5. The summed E-state index contributed by atoms with van der Waals surface area (Å²) in [7, 11) is -3.63.